The van der Waals surface area contributed by atoms with Gasteiger partial charge in [0.2, 0.25) is 0 Å². The summed E-state index contributed by atoms with van der Waals surface area (Å²) >= 11 is 0. The third-order valence-electron chi connectivity index (χ3n) is 10.6. The lowest BCUT2D eigenvalue weighted by Gasteiger charge is -2.13. The van der Waals surface area contributed by atoms with Gasteiger partial charge in [0.05, 0.1) is 39.0 Å². The first-order valence-electron chi connectivity index (χ1n) is 18.5. The Hall–Kier alpha value is -7.50. The van der Waals surface area contributed by atoms with E-state index in [1.165, 1.54) is 0 Å². The minimum absolute atomic E-state index is 0.896. The molecule has 11 aromatic rings. The number of rotatable bonds is 5. The van der Waals surface area contributed by atoms with Gasteiger partial charge in [-0.15, -0.1) is 0 Å². The maximum Gasteiger partial charge on any atom is 0.145 e. The van der Waals surface area contributed by atoms with E-state index < -0.39 is 0 Å². The lowest BCUT2D eigenvalue weighted by atomic mass is 9.96. The third-order valence-corrected chi connectivity index (χ3v) is 10.6. The minimum atomic E-state index is 0.896. The van der Waals surface area contributed by atoms with Crippen LogP contribution in [0, 0.1) is 0 Å². The van der Waals surface area contributed by atoms with Crippen molar-refractivity contribution in [3.63, 3.8) is 0 Å². The van der Waals surface area contributed by atoms with Crippen LogP contribution in [-0.2, 0) is 0 Å². The molecule has 256 valence electrons. The smallest absolute Gasteiger partial charge is 0.145 e. The summed E-state index contributed by atoms with van der Waals surface area (Å²) < 4.78 is 2.27. The highest BCUT2D eigenvalue weighted by atomic mass is 15.1. The zero-order valence-corrected chi connectivity index (χ0v) is 29.6. The fraction of sp³-hybridized carbons (Fsp3) is 0. The Balaban J connectivity index is 1.07. The van der Waals surface area contributed by atoms with Crippen molar-refractivity contribution in [2.45, 2.75) is 0 Å². The fourth-order valence-corrected chi connectivity index (χ4v) is 7.98. The summed E-state index contributed by atoms with van der Waals surface area (Å²) in [6, 6.07) is 63.6. The number of hydrogen-bond donors (Lipinski definition) is 0. The van der Waals surface area contributed by atoms with Gasteiger partial charge < -0.3 is 0 Å². The number of nitrogens with zero attached hydrogens (tertiary/aromatic N) is 5. The summed E-state index contributed by atoms with van der Waals surface area (Å²) in [6.07, 6.45) is 1.83. The summed E-state index contributed by atoms with van der Waals surface area (Å²) in [6.45, 7) is 0. The SMILES string of the molecule is c1ccc(-c2nc3c4c(-c5cccc(-c6ccc(-c7ccc8ccc9cccnc9c8n7)cc6)c5)nc5ccccc5c4ccc3n2-c2ccccc2)cc1. The molecule has 0 N–H and O–H groups in total. The number of benzene rings is 7. The zero-order chi connectivity index (χ0) is 36.3. The van der Waals surface area contributed by atoms with Crippen molar-refractivity contribution in [1.29, 1.82) is 0 Å². The molecule has 5 heteroatoms. The third kappa shape index (κ3) is 5.17. The molecule has 0 saturated heterocycles. The topological polar surface area (TPSA) is 56.5 Å². The van der Waals surface area contributed by atoms with Gasteiger partial charge in [-0.1, -0.05) is 140 Å². The Morgan fingerprint density at radius 1 is 0.400 bits per heavy atom. The standard InChI is InChI=1S/C50H31N5/c1-3-11-36(12-4-1)50-54-49-44(55(50)39-16-5-2-6-17-39)29-27-41-40-18-7-8-19-43(40)53-46(45(41)49)38-14-9-13-37(31-38)32-20-22-33(23-21-32)42-28-26-35-25-24-34-15-10-30-51-47(34)48(35)52-42/h1-31H. The second-order valence-corrected chi connectivity index (χ2v) is 13.9. The van der Waals surface area contributed by atoms with Crippen molar-refractivity contribution >= 4 is 54.5 Å². The molecule has 0 bridgehead atoms. The number of pyridine rings is 3. The van der Waals surface area contributed by atoms with Crippen molar-refractivity contribution in [3.8, 4) is 50.7 Å². The highest BCUT2D eigenvalue weighted by Crippen LogP contribution is 2.40. The lowest BCUT2D eigenvalue weighted by Crippen LogP contribution is -1.97. The van der Waals surface area contributed by atoms with Crippen LogP contribution in [0.4, 0.5) is 0 Å². The Bertz CT molecular complexity index is 3240. The normalized spacial score (nSPS) is 11.6. The molecule has 11 rings (SSSR count). The molecule has 4 heterocycles. The first-order valence-corrected chi connectivity index (χ1v) is 18.5. The van der Waals surface area contributed by atoms with Crippen molar-refractivity contribution in [1.82, 2.24) is 24.5 Å². The molecule has 4 aromatic heterocycles. The Kier molecular flexibility index (Phi) is 7.10. The number of fused-ring (bicyclic) bond motifs is 8. The van der Waals surface area contributed by atoms with Crippen LogP contribution in [0.15, 0.2) is 188 Å². The van der Waals surface area contributed by atoms with Gasteiger partial charge in [0.1, 0.15) is 5.82 Å². The Morgan fingerprint density at radius 2 is 1.11 bits per heavy atom. The highest BCUT2D eigenvalue weighted by Gasteiger charge is 2.21. The molecule has 0 radical (unpaired) electrons. The van der Waals surface area contributed by atoms with Gasteiger partial charge in [0.25, 0.3) is 0 Å². The van der Waals surface area contributed by atoms with Gasteiger partial charge in [-0.3, -0.25) is 9.55 Å². The van der Waals surface area contributed by atoms with Gasteiger partial charge in [0.15, 0.2) is 0 Å². The lowest BCUT2D eigenvalue weighted by molar-refractivity contribution is 1.10. The molecule has 0 aliphatic heterocycles. The van der Waals surface area contributed by atoms with Crippen LogP contribution in [0.1, 0.15) is 0 Å². The summed E-state index contributed by atoms with van der Waals surface area (Å²) in [5.41, 5.74) is 13.0. The molecule has 0 fully saturated rings. The molecule has 0 atom stereocenters. The molecule has 0 amide bonds. The largest absolute Gasteiger partial charge is 0.292 e. The van der Waals surface area contributed by atoms with E-state index in [0.29, 0.717) is 0 Å². The van der Waals surface area contributed by atoms with Crippen LogP contribution in [0.3, 0.4) is 0 Å². The molecule has 0 unspecified atom stereocenters. The van der Waals surface area contributed by atoms with Crippen molar-refractivity contribution in [2.24, 2.45) is 0 Å². The summed E-state index contributed by atoms with van der Waals surface area (Å²) in [7, 11) is 0. The van der Waals surface area contributed by atoms with Crippen molar-refractivity contribution in [2.75, 3.05) is 0 Å². The Morgan fingerprint density at radius 3 is 1.96 bits per heavy atom. The van der Waals surface area contributed by atoms with Crippen molar-refractivity contribution < 1.29 is 0 Å². The molecule has 0 aliphatic carbocycles. The average Bonchev–Trinajstić information content (AvgIpc) is 3.67. The maximum atomic E-state index is 5.45. The average molecular weight is 702 g/mol. The first kappa shape index (κ1) is 31.1. The molecule has 7 aromatic carbocycles. The van der Waals surface area contributed by atoms with E-state index in [1.807, 2.05) is 18.3 Å². The summed E-state index contributed by atoms with van der Waals surface area (Å²) in [5.74, 6) is 0.896. The van der Waals surface area contributed by atoms with Crippen LogP contribution in [-0.4, -0.2) is 24.5 Å². The quantitative estimate of drug-likeness (QED) is 0.168. The van der Waals surface area contributed by atoms with Gasteiger partial charge in [-0.2, -0.15) is 0 Å². The molecule has 0 aliphatic rings. The molecule has 0 spiro atoms. The van der Waals surface area contributed by atoms with Crippen LogP contribution >= 0.6 is 0 Å². The molecule has 55 heavy (non-hydrogen) atoms. The van der Waals surface area contributed by atoms with E-state index in [4.69, 9.17) is 15.0 Å². The number of imidazole rings is 1. The highest BCUT2D eigenvalue weighted by molar-refractivity contribution is 6.20. The molecule has 0 saturated carbocycles. The van der Waals surface area contributed by atoms with Crippen LogP contribution in [0.25, 0.3) is 105 Å². The van der Waals surface area contributed by atoms with E-state index in [2.05, 4.69) is 179 Å². The first-order chi connectivity index (χ1) is 27.3. The van der Waals surface area contributed by atoms with Crippen LogP contribution < -0.4 is 0 Å². The Labute approximate surface area is 316 Å². The van der Waals surface area contributed by atoms with Crippen molar-refractivity contribution in [3.05, 3.63) is 188 Å². The van der Waals surface area contributed by atoms with E-state index in [-0.39, 0.29) is 0 Å². The maximum absolute atomic E-state index is 5.45. The molecular weight excluding hydrogens is 671 g/mol. The van der Waals surface area contributed by atoms with Crippen LogP contribution in [0.5, 0.6) is 0 Å². The fourth-order valence-electron chi connectivity index (χ4n) is 7.98. The predicted octanol–water partition coefficient (Wildman–Crippen LogP) is 12.5. The molecular formula is C50H31N5. The van der Waals surface area contributed by atoms with E-state index in [9.17, 15) is 0 Å². The number of aromatic nitrogens is 5. The van der Waals surface area contributed by atoms with Gasteiger partial charge >= 0.3 is 0 Å². The predicted molar refractivity (Wildman–Crippen MR) is 226 cm³/mol. The monoisotopic (exact) mass is 701 g/mol. The zero-order valence-electron chi connectivity index (χ0n) is 29.6. The van der Waals surface area contributed by atoms with Gasteiger partial charge in [0, 0.05) is 50.1 Å². The summed E-state index contributed by atoms with van der Waals surface area (Å²) in [5, 5.41) is 5.45. The minimum Gasteiger partial charge on any atom is -0.292 e. The second kappa shape index (κ2) is 12.6. The van der Waals surface area contributed by atoms with Gasteiger partial charge in [-0.05, 0) is 59.0 Å². The van der Waals surface area contributed by atoms with E-state index >= 15 is 0 Å². The second-order valence-electron chi connectivity index (χ2n) is 13.9. The number of hydrogen-bond acceptors (Lipinski definition) is 4. The van der Waals surface area contributed by atoms with E-state index in [0.717, 1.165) is 105 Å². The molecule has 5 nitrogen and oxygen atoms in total. The summed E-state index contributed by atoms with van der Waals surface area (Å²) in [4.78, 5) is 20.5. The van der Waals surface area contributed by atoms with Gasteiger partial charge in [-0.25, -0.2) is 15.0 Å². The number of para-hydroxylation sites is 2. The van der Waals surface area contributed by atoms with E-state index in [1.54, 1.807) is 0 Å². The van der Waals surface area contributed by atoms with Crippen LogP contribution in [0.2, 0.25) is 0 Å².